The highest BCUT2D eigenvalue weighted by Gasteiger charge is 2.09. The van der Waals surface area contributed by atoms with Crippen LogP contribution in [0.4, 0.5) is 5.69 Å². The first-order valence-corrected chi connectivity index (χ1v) is 6.45. The van der Waals surface area contributed by atoms with Gasteiger partial charge in [-0.05, 0) is 36.8 Å². The Morgan fingerprint density at radius 3 is 2.53 bits per heavy atom. The average Bonchev–Trinajstić information content (AvgIpc) is 2.38. The van der Waals surface area contributed by atoms with E-state index in [1.54, 1.807) is 7.11 Å². The van der Waals surface area contributed by atoms with Gasteiger partial charge in [-0.3, -0.25) is 0 Å². The second kappa shape index (κ2) is 7.59. The highest BCUT2D eigenvalue weighted by molar-refractivity contribution is 7.80. The van der Waals surface area contributed by atoms with Crippen LogP contribution >= 0.6 is 12.2 Å². The lowest BCUT2D eigenvalue weighted by atomic mass is 10.2. The molecule has 102 valence electrons. The van der Waals surface area contributed by atoms with E-state index < -0.39 is 0 Å². The van der Waals surface area contributed by atoms with Crippen molar-refractivity contribution in [2.24, 2.45) is 0 Å². The Morgan fingerprint density at radius 2 is 2.00 bits per heavy atom. The number of ether oxygens (including phenoxy) is 1. The third-order valence-corrected chi connectivity index (χ3v) is 2.94. The summed E-state index contributed by atoms with van der Waals surface area (Å²) in [6, 6.07) is 5.93. The Balaban J connectivity index is 2.87. The zero-order valence-electron chi connectivity index (χ0n) is 11.5. The van der Waals surface area contributed by atoms with Crippen LogP contribution in [0.15, 0.2) is 43.5 Å². The molecule has 3 nitrogen and oxygen atoms in total. The first-order valence-electron chi connectivity index (χ1n) is 6.04. The summed E-state index contributed by atoms with van der Waals surface area (Å²) in [6.45, 7) is 10.8. The molecule has 0 saturated carbocycles. The minimum absolute atomic E-state index is 0.628. The zero-order chi connectivity index (χ0) is 14.3. The van der Waals surface area contributed by atoms with Crippen molar-refractivity contribution in [2.45, 2.75) is 6.92 Å². The Morgan fingerprint density at radius 1 is 1.37 bits per heavy atom. The van der Waals surface area contributed by atoms with Gasteiger partial charge < -0.3 is 15.0 Å². The zero-order valence-corrected chi connectivity index (χ0v) is 12.3. The molecule has 4 heteroatoms. The molecule has 0 radical (unpaired) electrons. The van der Waals surface area contributed by atoms with Gasteiger partial charge in [-0.25, -0.2) is 0 Å². The van der Waals surface area contributed by atoms with E-state index in [-0.39, 0.29) is 0 Å². The summed E-state index contributed by atoms with van der Waals surface area (Å²) in [6.07, 6.45) is 3.62. The Hall–Kier alpha value is -1.81. The van der Waals surface area contributed by atoms with Crippen LogP contribution in [0.2, 0.25) is 0 Å². The summed E-state index contributed by atoms with van der Waals surface area (Å²) in [4.78, 5) is 1.97. The molecule has 0 heterocycles. The SMILES string of the molecule is C=CCN(CC=C)C(=S)Nc1cc(C)ccc1OC. The van der Waals surface area contributed by atoms with E-state index in [1.807, 2.05) is 42.2 Å². The summed E-state index contributed by atoms with van der Waals surface area (Å²) < 4.78 is 5.32. The minimum atomic E-state index is 0.628. The molecule has 0 fully saturated rings. The third-order valence-electron chi connectivity index (χ3n) is 2.58. The first-order chi connectivity index (χ1) is 9.12. The van der Waals surface area contributed by atoms with Crippen molar-refractivity contribution in [2.75, 3.05) is 25.5 Å². The van der Waals surface area contributed by atoms with Crippen LogP contribution in [0, 0.1) is 6.92 Å². The first kappa shape index (κ1) is 15.2. The van der Waals surface area contributed by atoms with E-state index in [1.165, 1.54) is 0 Å². The smallest absolute Gasteiger partial charge is 0.174 e. The van der Waals surface area contributed by atoms with Crippen LogP contribution in [-0.4, -0.2) is 30.2 Å². The number of nitrogens with zero attached hydrogens (tertiary/aromatic N) is 1. The van der Waals surface area contributed by atoms with Crippen molar-refractivity contribution in [1.82, 2.24) is 4.90 Å². The van der Waals surface area contributed by atoms with E-state index in [4.69, 9.17) is 17.0 Å². The summed E-state index contributed by atoms with van der Waals surface area (Å²) in [5.41, 5.74) is 2.01. The van der Waals surface area contributed by atoms with Gasteiger partial charge in [-0.1, -0.05) is 18.2 Å². The summed E-state index contributed by atoms with van der Waals surface area (Å²) in [5.74, 6) is 0.769. The number of hydrogen-bond acceptors (Lipinski definition) is 2. The largest absolute Gasteiger partial charge is 0.495 e. The molecule has 0 aliphatic carbocycles. The molecular formula is C15H20N2OS. The predicted molar refractivity (Wildman–Crippen MR) is 85.9 cm³/mol. The number of methoxy groups -OCH3 is 1. The molecule has 0 unspecified atom stereocenters. The molecule has 19 heavy (non-hydrogen) atoms. The topological polar surface area (TPSA) is 24.5 Å². The van der Waals surface area contributed by atoms with Gasteiger partial charge in [0.2, 0.25) is 0 Å². The number of rotatable bonds is 6. The fraction of sp³-hybridized carbons (Fsp3) is 0.267. The van der Waals surface area contributed by atoms with Crippen LogP contribution in [0.1, 0.15) is 5.56 Å². The Labute approximate surface area is 120 Å². The molecule has 0 bridgehead atoms. The highest BCUT2D eigenvalue weighted by Crippen LogP contribution is 2.25. The van der Waals surface area contributed by atoms with E-state index in [9.17, 15) is 0 Å². The molecule has 1 rings (SSSR count). The van der Waals surface area contributed by atoms with Crippen LogP contribution < -0.4 is 10.1 Å². The van der Waals surface area contributed by atoms with Gasteiger partial charge in [-0.2, -0.15) is 0 Å². The molecule has 1 aromatic carbocycles. The van der Waals surface area contributed by atoms with Gasteiger partial charge in [0.15, 0.2) is 5.11 Å². The molecule has 0 aliphatic rings. The van der Waals surface area contributed by atoms with Gasteiger partial charge in [-0.15, -0.1) is 13.2 Å². The molecule has 0 saturated heterocycles. The number of thiocarbonyl (C=S) groups is 1. The fourth-order valence-electron chi connectivity index (χ4n) is 1.67. The average molecular weight is 276 g/mol. The lowest BCUT2D eigenvalue weighted by Gasteiger charge is -2.23. The fourth-order valence-corrected chi connectivity index (χ4v) is 1.92. The molecular weight excluding hydrogens is 256 g/mol. The van der Waals surface area contributed by atoms with Crippen molar-refractivity contribution in [1.29, 1.82) is 0 Å². The highest BCUT2D eigenvalue weighted by atomic mass is 32.1. The second-order valence-corrected chi connectivity index (χ2v) is 4.50. The maximum absolute atomic E-state index is 5.40. The van der Waals surface area contributed by atoms with Crippen molar-refractivity contribution in [3.63, 3.8) is 0 Å². The van der Waals surface area contributed by atoms with E-state index >= 15 is 0 Å². The monoisotopic (exact) mass is 276 g/mol. The van der Waals surface area contributed by atoms with Crippen LogP contribution in [0.25, 0.3) is 0 Å². The molecule has 0 atom stereocenters. The summed E-state index contributed by atoms with van der Waals surface area (Å²) in [5, 5.41) is 3.84. The second-order valence-electron chi connectivity index (χ2n) is 4.12. The van der Waals surface area contributed by atoms with E-state index in [2.05, 4.69) is 18.5 Å². The van der Waals surface area contributed by atoms with Crippen molar-refractivity contribution >= 4 is 23.0 Å². The quantitative estimate of drug-likeness (QED) is 0.636. The third kappa shape index (κ3) is 4.41. The van der Waals surface area contributed by atoms with Gasteiger partial charge in [0.25, 0.3) is 0 Å². The molecule has 0 aliphatic heterocycles. The Kier molecular flexibility index (Phi) is 6.09. The molecule has 0 aromatic heterocycles. The number of benzene rings is 1. The molecule has 0 amide bonds. The molecule has 1 N–H and O–H groups in total. The van der Waals surface area contributed by atoms with Gasteiger partial charge in [0.1, 0.15) is 5.75 Å². The number of hydrogen-bond donors (Lipinski definition) is 1. The normalized spacial score (nSPS) is 9.58. The predicted octanol–water partition coefficient (Wildman–Crippen LogP) is 3.37. The van der Waals surface area contributed by atoms with Crippen LogP contribution in [0.3, 0.4) is 0 Å². The van der Waals surface area contributed by atoms with Crippen LogP contribution in [-0.2, 0) is 0 Å². The standard InChI is InChI=1S/C15H20N2OS/c1-5-9-17(10-6-2)15(19)16-13-11-12(3)7-8-14(13)18-4/h5-8,11H,1-2,9-10H2,3-4H3,(H,16,19). The minimum Gasteiger partial charge on any atom is -0.495 e. The van der Waals surface area contributed by atoms with Crippen molar-refractivity contribution < 1.29 is 4.74 Å². The molecule has 1 aromatic rings. The number of nitrogens with one attached hydrogen (secondary N) is 1. The Bertz CT molecular complexity index is 461. The summed E-state index contributed by atoms with van der Waals surface area (Å²) >= 11 is 5.40. The number of aryl methyl sites for hydroxylation is 1. The van der Waals surface area contributed by atoms with Gasteiger partial charge in [0, 0.05) is 13.1 Å². The summed E-state index contributed by atoms with van der Waals surface area (Å²) in [7, 11) is 1.64. The maximum atomic E-state index is 5.40. The lowest BCUT2D eigenvalue weighted by Crippen LogP contribution is -2.35. The van der Waals surface area contributed by atoms with Gasteiger partial charge >= 0.3 is 0 Å². The van der Waals surface area contributed by atoms with Gasteiger partial charge in [0.05, 0.1) is 12.8 Å². The van der Waals surface area contributed by atoms with Crippen molar-refractivity contribution in [3.05, 3.63) is 49.1 Å². The van der Waals surface area contributed by atoms with E-state index in [0.717, 1.165) is 17.0 Å². The number of anilines is 1. The lowest BCUT2D eigenvalue weighted by molar-refractivity contribution is 0.416. The van der Waals surface area contributed by atoms with Crippen molar-refractivity contribution in [3.8, 4) is 5.75 Å². The molecule has 0 spiro atoms. The van der Waals surface area contributed by atoms with E-state index in [0.29, 0.717) is 18.2 Å². The van der Waals surface area contributed by atoms with Crippen LogP contribution in [0.5, 0.6) is 5.75 Å². The maximum Gasteiger partial charge on any atom is 0.174 e.